The zero-order valence-electron chi connectivity index (χ0n) is 11.5. The van der Waals surface area contributed by atoms with Crippen molar-refractivity contribution < 1.29 is 32.2 Å². The molecule has 1 heterocycles. The van der Waals surface area contributed by atoms with E-state index < -0.39 is 27.8 Å². The van der Waals surface area contributed by atoms with E-state index in [1.54, 1.807) is 0 Å². The van der Waals surface area contributed by atoms with Crippen LogP contribution in [0, 0.1) is 0 Å². The molecule has 1 aromatic carbocycles. The van der Waals surface area contributed by atoms with Crippen LogP contribution >= 0.6 is 0 Å². The number of rotatable bonds is 3. The van der Waals surface area contributed by atoms with E-state index in [9.17, 15) is 18.0 Å². The van der Waals surface area contributed by atoms with Crippen LogP contribution < -0.4 is 14.2 Å². The first-order valence-corrected chi connectivity index (χ1v) is 7.24. The van der Waals surface area contributed by atoms with Gasteiger partial charge in [-0.25, -0.2) is 13.2 Å². The number of ether oxygens (including phenoxy) is 3. The fourth-order valence-corrected chi connectivity index (χ4v) is 3.33. The number of Topliss-reactive ketones (excluding diaryl/α,β-unsaturated/α-hetero) is 1. The van der Waals surface area contributed by atoms with E-state index in [0.29, 0.717) is 0 Å². The van der Waals surface area contributed by atoms with Crippen LogP contribution in [0.3, 0.4) is 0 Å². The van der Waals surface area contributed by atoms with Gasteiger partial charge in [-0.1, -0.05) is 0 Å². The van der Waals surface area contributed by atoms with Crippen molar-refractivity contribution in [1.29, 1.82) is 0 Å². The second kappa shape index (κ2) is 5.34. The summed E-state index contributed by atoms with van der Waals surface area (Å²) in [6.45, 7) is 0. The molecule has 1 unspecified atom stereocenters. The van der Waals surface area contributed by atoms with Crippen LogP contribution in [0.15, 0.2) is 17.0 Å². The van der Waals surface area contributed by atoms with Crippen LogP contribution in [0.5, 0.6) is 11.5 Å². The van der Waals surface area contributed by atoms with E-state index in [2.05, 4.69) is 4.74 Å². The molecule has 1 aromatic rings. The molecular weight excluding hydrogens is 302 g/mol. The lowest BCUT2D eigenvalue weighted by Gasteiger charge is -2.24. The molecule has 1 aliphatic rings. The molecule has 2 rings (SSSR count). The van der Waals surface area contributed by atoms with Crippen molar-refractivity contribution in [1.82, 2.24) is 4.72 Å². The van der Waals surface area contributed by atoms with Gasteiger partial charge in [0.2, 0.25) is 10.0 Å². The van der Waals surface area contributed by atoms with Crippen LogP contribution in [0.2, 0.25) is 0 Å². The average Bonchev–Trinajstić information content (AvgIpc) is 2.48. The largest absolute Gasteiger partial charge is 0.493 e. The van der Waals surface area contributed by atoms with Crippen molar-refractivity contribution in [2.45, 2.75) is 10.9 Å². The van der Waals surface area contributed by atoms with Crippen LogP contribution in [0.25, 0.3) is 0 Å². The molecule has 0 radical (unpaired) electrons. The Morgan fingerprint density at radius 2 is 1.71 bits per heavy atom. The van der Waals surface area contributed by atoms with Crippen LogP contribution in [-0.2, 0) is 19.6 Å². The molecule has 0 amide bonds. The summed E-state index contributed by atoms with van der Waals surface area (Å²) in [7, 11) is -0.292. The van der Waals surface area contributed by atoms with Crippen molar-refractivity contribution in [3.05, 3.63) is 17.7 Å². The molecule has 0 bridgehead atoms. The van der Waals surface area contributed by atoms with E-state index in [0.717, 1.165) is 7.11 Å². The number of esters is 1. The number of ketones is 1. The number of fused-ring (bicyclic) bond motifs is 1. The minimum absolute atomic E-state index is 0.151. The zero-order chi connectivity index (χ0) is 15.8. The summed E-state index contributed by atoms with van der Waals surface area (Å²) in [4.78, 5) is 23.5. The Hall–Kier alpha value is -2.13. The smallest absolute Gasteiger partial charge is 0.332 e. The molecule has 1 N–H and O–H groups in total. The summed E-state index contributed by atoms with van der Waals surface area (Å²) in [5.41, 5.74) is -0.151. The van der Waals surface area contributed by atoms with Crippen molar-refractivity contribution >= 4 is 21.8 Å². The van der Waals surface area contributed by atoms with Crippen LogP contribution in [0.4, 0.5) is 0 Å². The van der Waals surface area contributed by atoms with Crippen LogP contribution in [0.1, 0.15) is 10.4 Å². The summed E-state index contributed by atoms with van der Waals surface area (Å²) in [6.07, 6.45) is 0. The third-order valence-corrected chi connectivity index (χ3v) is 4.48. The van der Waals surface area contributed by atoms with E-state index in [1.165, 1.54) is 26.4 Å². The van der Waals surface area contributed by atoms with Gasteiger partial charge in [0, 0.05) is 11.6 Å². The van der Waals surface area contributed by atoms with Crippen molar-refractivity contribution in [2.75, 3.05) is 21.3 Å². The van der Waals surface area contributed by atoms with Gasteiger partial charge < -0.3 is 14.2 Å². The van der Waals surface area contributed by atoms with Crippen molar-refractivity contribution in [3.8, 4) is 11.5 Å². The molecule has 0 aromatic heterocycles. The Morgan fingerprint density at radius 1 is 1.14 bits per heavy atom. The molecular formula is C12H13NO7S. The number of hydrogen-bond acceptors (Lipinski definition) is 7. The predicted molar refractivity (Wildman–Crippen MR) is 70.0 cm³/mol. The van der Waals surface area contributed by atoms with Gasteiger partial charge in [-0.2, -0.15) is 4.72 Å². The van der Waals surface area contributed by atoms with Crippen molar-refractivity contribution in [2.24, 2.45) is 0 Å². The minimum Gasteiger partial charge on any atom is -0.493 e. The Bertz CT molecular complexity index is 711. The van der Waals surface area contributed by atoms with Gasteiger partial charge >= 0.3 is 5.97 Å². The maximum absolute atomic E-state index is 12.2. The van der Waals surface area contributed by atoms with Gasteiger partial charge in [-0.3, -0.25) is 4.79 Å². The maximum Gasteiger partial charge on any atom is 0.332 e. The fourth-order valence-electron chi connectivity index (χ4n) is 1.98. The first-order valence-electron chi connectivity index (χ1n) is 5.76. The number of sulfonamides is 1. The first kappa shape index (κ1) is 15.3. The van der Waals surface area contributed by atoms with E-state index in [1.807, 2.05) is 4.72 Å². The number of carbonyl (C=O) groups excluding carboxylic acids is 2. The van der Waals surface area contributed by atoms with Gasteiger partial charge in [0.25, 0.3) is 0 Å². The Balaban J connectivity index is 2.68. The molecule has 0 fully saturated rings. The molecule has 0 saturated carbocycles. The quantitative estimate of drug-likeness (QED) is 0.603. The summed E-state index contributed by atoms with van der Waals surface area (Å²) >= 11 is 0. The highest BCUT2D eigenvalue weighted by molar-refractivity contribution is 7.89. The zero-order valence-corrected chi connectivity index (χ0v) is 12.3. The average molecular weight is 315 g/mol. The lowest BCUT2D eigenvalue weighted by Crippen LogP contribution is -2.50. The molecule has 1 aliphatic heterocycles. The highest BCUT2D eigenvalue weighted by Gasteiger charge is 2.41. The minimum atomic E-state index is -4.04. The topological polar surface area (TPSA) is 108 Å². The normalized spacial score (nSPS) is 19.6. The number of carbonyl (C=O) groups is 2. The second-order valence-corrected chi connectivity index (χ2v) is 5.83. The Labute approximate surface area is 121 Å². The standard InChI is InChI=1S/C12H13NO7S/c1-18-7-4-6-9(5-8(7)19-2)21(16,17)13-10(11(6)14)12(15)20-3/h4-5,10,13H,1-3H3. The molecule has 9 heteroatoms. The number of nitrogens with one attached hydrogen (secondary N) is 1. The number of benzene rings is 1. The summed E-state index contributed by atoms with van der Waals surface area (Å²) in [5, 5.41) is 0. The highest BCUT2D eigenvalue weighted by Crippen LogP contribution is 2.35. The molecule has 1 atom stereocenters. The summed E-state index contributed by atoms with van der Waals surface area (Å²) < 4.78 is 40.8. The predicted octanol–water partition coefficient (Wildman–Crippen LogP) is -0.280. The van der Waals surface area contributed by atoms with Gasteiger partial charge in [0.05, 0.1) is 26.2 Å². The summed E-state index contributed by atoms with van der Waals surface area (Å²) in [6, 6.07) is 0.790. The van der Waals surface area contributed by atoms with E-state index >= 15 is 0 Å². The molecule has 8 nitrogen and oxygen atoms in total. The molecule has 0 saturated heterocycles. The lowest BCUT2D eigenvalue weighted by atomic mass is 10.0. The summed E-state index contributed by atoms with van der Waals surface area (Å²) in [5.74, 6) is -1.35. The highest BCUT2D eigenvalue weighted by atomic mass is 32.2. The monoisotopic (exact) mass is 315 g/mol. The van der Waals surface area contributed by atoms with E-state index in [4.69, 9.17) is 9.47 Å². The molecule has 21 heavy (non-hydrogen) atoms. The second-order valence-electron chi connectivity index (χ2n) is 4.15. The van der Waals surface area contributed by atoms with Crippen molar-refractivity contribution in [3.63, 3.8) is 0 Å². The Morgan fingerprint density at radius 3 is 2.24 bits per heavy atom. The van der Waals surface area contributed by atoms with E-state index in [-0.39, 0.29) is 22.0 Å². The van der Waals surface area contributed by atoms with Gasteiger partial charge in [0.1, 0.15) is 0 Å². The SMILES string of the molecule is COC(=O)C1NS(=O)(=O)c2cc(OC)c(OC)cc2C1=O. The third-order valence-electron chi connectivity index (χ3n) is 3.01. The third kappa shape index (κ3) is 2.45. The first-order chi connectivity index (χ1) is 9.85. The maximum atomic E-state index is 12.2. The fraction of sp³-hybridized carbons (Fsp3) is 0.333. The number of methoxy groups -OCH3 is 3. The molecule has 114 valence electrons. The van der Waals surface area contributed by atoms with Gasteiger partial charge in [-0.05, 0) is 6.07 Å². The molecule has 0 aliphatic carbocycles. The van der Waals surface area contributed by atoms with Crippen LogP contribution in [-0.4, -0.2) is 47.5 Å². The Kier molecular flexibility index (Phi) is 3.88. The number of hydrogen-bond donors (Lipinski definition) is 1. The van der Waals surface area contributed by atoms with Gasteiger partial charge in [-0.15, -0.1) is 0 Å². The van der Waals surface area contributed by atoms with Gasteiger partial charge in [0.15, 0.2) is 23.3 Å². The lowest BCUT2D eigenvalue weighted by molar-refractivity contribution is -0.141. The molecule has 0 spiro atoms.